The topological polar surface area (TPSA) is 70.6 Å². The van der Waals surface area contributed by atoms with Crippen molar-refractivity contribution in [3.8, 4) is 0 Å². The predicted octanol–water partition coefficient (Wildman–Crippen LogP) is 2.77. The lowest BCUT2D eigenvalue weighted by Gasteiger charge is -2.27. The van der Waals surface area contributed by atoms with E-state index in [2.05, 4.69) is 10.3 Å². The van der Waals surface area contributed by atoms with Crippen molar-refractivity contribution in [3.05, 3.63) is 24.0 Å². The standard InChI is InChI=1S/C14H19ClFN3O/c15-8-13(17)19-12-3-1-2-11(16)14(12)18-9-4-6-10(20)7-5-9/h1-3,9-10,18,20H,4-8H2,(H2,17,19). The molecule has 1 fully saturated rings. The lowest BCUT2D eigenvalue weighted by Crippen LogP contribution is -2.28. The second-order valence-corrected chi connectivity index (χ2v) is 5.29. The van der Waals surface area contributed by atoms with Crippen LogP contribution in [0.15, 0.2) is 23.2 Å². The fraction of sp³-hybridized carbons (Fsp3) is 0.500. The first-order valence-electron chi connectivity index (χ1n) is 6.72. The van der Waals surface area contributed by atoms with Crippen molar-refractivity contribution in [1.29, 1.82) is 0 Å². The number of hydrogen-bond donors (Lipinski definition) is 3. The zero-order valence-corrected chi connectivity index (χ0v) is 11.9. The number of nitrogens with one attached hydrogen (secondary N) is 1. The molecule has 1 aliphatic carbocycles. The zero-order chi connectivity index (χ0) is 14.5. The second kappa shape index (κ2) is 6.90. The fourth-order valence-corrected chi connectivity index (χ4v) is 2.42. The van der Waals surface area contributed by atoms with E-state index in [1.807, 2.05) is 0 Å². The predicted molar refractivity (Wildman–Crippen MR) is 80.3 cm³/mol. The van der Waals surface area contributed by atoms with E-state index in [4.69, 9.17) is 17.3 Å². The fourth-order valence-electron chi connectivity index (χ4n) is 2.36. The highest BCUT2D eigenvalue weighted by Crippen LogP contribution is 2.31. The molecule has 0 aromatic heterocycles. The van der Waals surface area contributed by atoms with E-state index in [1.54, 1.807) is 12.1 Å². The van der Waals surface area contributed by atoms with E-state index in [0.717, 1.165) is 25.7 Å². The van der Waals surface area contributed by atoms with Gasteiger partial charge in [-0.15, -0.1) is 11.6 Å². The van der Waals surface area contributed by atoms with Gasteiger partial charge in [-0.3, -0.25) is 0 Å². The molecular formula is C14H19ClFN3O. The van der Waals surface area contributed by atoms with Crippen molar-refractivity contribution in [2.45, 2.75) is 37.8 Å². The molecule has 110 valence electrons. The Hall–Kier alpha value is -1.33. The van der Waals surface area contributed by atoms with Gasteiger partial charge in [-0.1, -0.05) is 6.07 Å². The average Bonchev–Trinajstić information content (AvgIpc) is 2.44. The van der Waals surface area contributed by atoms with E-state index in [0.29, 0.717) is 11.4 Å². The summed E-state index contributed by atoms with van der Waals surface area (Å²) in [5.41, 5.74) is 6.41. The maximum atomic E-state index is 14.0. The van der Waals surface area contributed by atoms with Gasteiger partial charge in [-0.2, -0.15) is 0 Å². The van der Waals surface area contributed by atoms with E-state index >= 15 is 0 Å². The van der Waals surface area contributed by atoms with Crippen molar-refractivity contribution >= 4 is 28.8 Å². The van der Waals surface area contributed by atoms with E-state index < -0.39 is 0 Å². The summed E-state index contributed by atoms with van der Waals surface area (Å²) >= 11 is 5.60. The summed E-state index contributed by atoms with van der Waals surface area (Å²) in [5, 5.41) is 12.7. The van der Waals surface area contributed by atoms with Crippen LogP contribution in [0.25, 0.3) is 0 Å². The summed E-state index contributed by atoms with van der Waals surface area (Å²) in [6.45, 7) is 0. The van der Waals surface area contributed by atoms with Crippen molar-refractivity contribution in [2.24, 2.45) is 10.7 Å². The molecule has 20 heavy (non-hydrogen) atoms. The molecule has 6 heteroatoms. The molecule has 1 aromatic rings. The third-order valence-electron chi connectivity index (χ3n) is 3.44. The van der Waals surface area contributed by atoms with Crippen LogP contribution < -0.4 is 11.1 Å². The number of benzene rings is 1. The van der Waals surface area contributed by atoms with E-state index in [9.17, 15) is 9.50 Å². The van der Waals surface area contributed by atoms with Crippen LogP contribution in [0.2, 0.25) is 0 Å². The summed E-state index contributed by atoms with van der Waals surface area (Å²) in [6.07, 6.45) is 2.84. The first kappa shape index (κ1) is 15.1. The number of rotatable bonds is 4. The molecular weight excluding hydrogens is 281 g/mol. The summed E-state index contributed by atoms with van der Waals surface area (Å²) in [6, 6.07) is 4.81. The molecule has 0 aliphatic heterocycles. The lowest BCUT2D eigenvalue weighted by atomic mass is 9.93. The number of aliphatic imine (C=N–C) groups is 1. The number of nitrogens with two attached hydrogens (primary N) is 1. The Morgan fingerprint density at radius 3 is 2.75 bits per heavy atom. The molecule has 0 atom stereocenters. The number of aliphatic hydroxyl groups excluding tert-OH is 1. The summed E-state index contributed by atoms with van der Waals surface area (Å²) < 4.78 is 14.0. The van der Waals surface area contributed by atoms with Crippen LogP contribution in [0.4, 0.5) is 15.8 Å². The lowest BCUT2D eigenvalue weighted by molar-refractivity contribution is 0.126. The maximum Gasteiger partial charge on any atom is 0.148 e. The molecule has 0 amide bonds. The SMILES string of the molecule is NC(CCl)=Nc1cccc(F)c1NC1CCC(O)CC1. The van der Waals surface area contributed by atoms with Gasteiger partial charge in [0.2, 0.25) is 0 Å². The first-order chi connectivity index (χ1) is 9.60. The Bertz CT molecular complexity index is 487. The highest BCUT2D eigenvalue weighted by atomic mass is 35.5. The van der Waals surface area contributed by atoms with Crippen LogP contribution in [0.3, 0.4) is 0 Å². The molecule has 0 radical (unpaired) electrons. The summed E-state index contributed by atoms with van der Waals surface area (Å²) in [4.78, 5) is 4.13. The number of nitrogens with zero attached hydrogens (tertiary/aromatic N) is 1. The van der Waals surface area contributed by atoms with Crippen LogP contribution >= 0.6 is 11.6 Å². The van der Waals surface area contributed by atoms with Crippen molar-refractivity contribution in [2.75, 3.05) is 11.2 Å². The Kier molecular flexibility index (Phi) is 5.20. The molecule has 0 spiro atoms. The summed E-state index contributed by atoms with van der Waals surface area (Å²) in [5.74, 6) is -0.00917. The number of hydrogen-bond acceptors (Lipinski definition) is 3. The van der Waals surface area contributed by atoms with Crippen LogP contribution in [-0.2, 0) is 0 Å². The van der Waals surface area contributed by atoms with Crippen LogP contribution in [0.1, 0.15) is 25.7 Å². The third-order valence-corrected chi connectivity index (χ3v) is 3.71. The Morgan fingerprint density at radius 1 is 1.40 bits per heavy atom. The molecule has 2 rings (SSSR count). The van der Waals surface area contributed by atoms with Gasteiger partial charge in [0, 0.05) is 6.04 Å². The zero-order valence-electron chi connectivity index (χ0n) is 11.1. The molecule has 0 bridgehead atoms. The second-order valence-electron chi connectivity index (χ2n) is 5.02. The number of para-hydroxylation sites is 1. The van der Waals surface area contributed by atoms with E-state index in [-0.39, 0.29) is 29.7 Å². The number of aliphatic hydroxyl groups is 1. The minimum absolute atomic E-state index is 0.103. The number of alkyl halides is 1. The number of halogens is 2. The maximum absolute atomic E-state index is 14.0. The highest BCUT2D eigenvalue weighted by molar-refractivity contribution is 6.28. The molecule has 0 heterocycles. The molecule has 4 nitrogen and oxygen atoms in total. The van der Waals surface area contributed by atoms with Crippen molar-refractivity contribution in [1.82, 2.24) is 0 Å². The Labute approximate surface area is 122 Å². The molecule has 1 aliphatic rings. The molecule has 1 aromatic carbocycles. The van der Waals surface area contributed by atoms with Gasteiger partial charge in [-0.05, 0) is 37.8 Å². The average molecular weight is 300 g/mol. The Balaban J connectivity index is 2.17. The number of anilines is 1. The van der Waals surface area contributed by atoms with Gasteiger partial charge in [0.1, 0.15) is 11.7 Å². The van der Waals surface area contributed by atoms with Crippen molar-refractivity contribution in [3.63, 3.8) is 0 Å². The Morgan fingerprint density at radius 2 is 2.10 bits per heavy atom. The smallest absolute Gasteiger partial charge is 0.148 e. The quantitative estimate of drug-likeness (QED) is 0.455. The largest absolute Gasteiger partial charge is 0.393 e. The van der Waals surface area contributed by atoms with Gasteiger partial charge in [-0.25, -0.2) is 9.38 Å². The van der Waals surface area contributed by atoms with Crippen LogP contribution in [0, 0.1) is 5.82 Å². The van der Waals surface area contributed by atoms with Gasteiger partial charge >= 0.3 is 0 Å². The molecule has 0 unspecified atom stereocenters. The monoisotopic (exact) mass is 299 g/mol. The minimum atomic E-state index is -0.361. The van der Waals surface area contributed by atoms with Gasteiger partial charge in [0.25, 0.3) is 0 Å². The third kappa shape index (κ3) is 3.84. The normalized spacial score (nSPS) is 23.6. The van der Waals surface area contributed by atoms with Gasteiger partial charge in [0.05, 0.1) is 23.4 Å². The van der Waals surface area contributed by atoms with Gasteiger partial charge < -0.3 is 16.2 Å². The van der Waals surface area contributed by atoms with Crippen LogP contribution in [0.5, 0.6) is 0 Å². The molecule has 4 N–H and O–H groups in total. The molecule has 1 saturated carbocycles. The number of amidine groups is 1. The van der Waals surface area contributed by atoms with Gasteiger partial charge in [0.15, 0.2) is 0 Å². The highest BCUT2D eigenvalue weighted by Gasteiger charge is 2.21. The van der Waals surface area contributed by atoms with Crippen LogP contribution in [-0.4, -0.2) is 29.0 Å². The molecule has 0 saturated heterocycles. The summed E-state index contributed by atoms with van der Waals surface area (Å²) in [7, 11) is 0. The first-order valence-corrected chi connectivity index (χ1v) is 7.25. The van der Waals surface area contributed by atoms with Crippen molar-refractivity contribution < 1.29 is 9.50 Å². The minimum Gasteiger partial charge on any atom is -0.393 e. The van der Waals surface area contributed by atoms with E-state index in [1.165, 1.54) is 6.07 Å².